The Kier molecular flexibility index (Phi) is 5.78. The summed E-state index contributed by atoms with van der Waals surface area (Å²) in [5.74, 6) is 2.24. The highest BCUT2D eigenvalue weighted by atomic mass is 16.6. The summed E-state index contributed by atoms with van der Waals surface area (Å²) in [6.45, 7) is 10.1. The van der Waals surface area contributed by atoms with Gasteiger partial charge in [-0.2, -0.15) is 0 Å². The predicted molar refractivity (Wildman–Crippen MR) is 107 cm³/mol. The number of carbonyl (C=O) groups is 1. The van der Waals surface area contributed by atoms with Crippen LogP contribution in [0.1, 0.15) is 38.7 Å². The monoisotopic (exact) mass is 388 g/mol. The summed E-state index contributed by atoms with van der Waals surface area (Å²) >= 11 is 0. The summed E-state index contributed by atoms with van der Waals surface area (Å²) in [6, 6.07) is 6.07. The molecule has 28 heavy (non-hydrogen) atoms. The average Bonchev–Trinajstić information content (AvgIpc) is 3.22. The fourth-order valence-corrected chi connectivity index (χ4v) is 4.28. The molecule has 0 radical (unpaired) electrons. The fourth-order valence-electron chi connectivity index (χ4n) is 4.28. The van der Waals surface area contributed by atoms with E-state index in [1.54, 1.807) is 0 Å². The summed E-state index contributed by atoms with van der Waals surface area (Å²) < 4.78 is 16.8. The molecule has 2 fully saturated rings. The van der Waals surface area contributed by atoms with E-state index < -0.39 is 5.41 Å². The average molecular weight is 389 g/mol. The van der Waals surface area contributed by atoms with Crippen molar-refractivity contribution in [1.82, 2.24) is 10.2 Å². The summed E-state index contributed by atoms with van der Waals surface area (Å²) in [6.07, 6.45) is 3.20. The molecule has 1 aromatic carbocycles. The Morgan fingerprint density at radius 2 is 1.86 bits per heavy atom. The van der Waals surface area contributed by atoms with Gasteiger partial charge in [-0.15, -0.1) is 0 Å². The molecule has 1 amide bonds. The number of benzene rings is 1. The molecule has 0 aliphatic carbocycles. The van der Waals surface area contributed by atoms with Gasteiger partial charge in [-0.1, -0.05) is 6.07 Å². The topological polar surface area (TPSA) is 60.0 Å². The van der Waals surface area contributed by atoms with Crippen molar-refractivity contribution in [1.29, 1.82) is 0 Å². The van der Waals surface area contributed by atoms with Crippen molar-refractivity contribution >= 4 is 5.91 Å². The zero-order valence-corrected chi connectivity index (χ0v) is 17.0. The van der Waals surface area contributed by atoms with Crippen molar-refractivity contribution in [2.45, 2.75) is 44.6 Å². The maximum absolute atomic E-state index is 13.0. The fraction of sp³-hybridized carbons (Fsp3) is 0.682. The van der Waals surface area contributed by atoms with Crippen LogP contribution in [0.2, 0.25) is 0 Å². The lowest BCUT2D eigenvalue weighted by Crippen LogP contribution is -2.50. The van der Waals surface area contributed by atoms with Crippen LogP contribution >= 0.6 is 0 Å². The van der Waals surface area contributed by atoms with Crippen molar-refractivity contribution in [3.63, 3.8) is 0 Å². The first-order chi connectivity index (χ1) is 13.5. The molecule has 0 aromatic heterocycles. The van der Waals surface area contributed by atoms with Gasteiger partial charge < -0.3 is 24.4 Å². The van der Waals surface area contributed by atoms with E-state index in [1.807, 2.05) is 32.0 Å². The second kappa shape index (κ2) is 8.29. The SMILES string of the molecule is CC(C)(C(=O)NC1CCN(CC2CCOC2)CC1)c1ccc2c(c1)OCCO2. The van der Waals surface area contributed by atoms with Crippen molar-refractivity contribution in [3.05, 3.63) is 23.8 Å². The van der Waals surface area contributed by atoms with E-state index in [4.69, 9.17) is 14.2 Å². The number of piperidine rings is 1. The number of carbonyl (C=O) groups excluding carboxylic acids is 1. The summed E-state index contributed by atoms with van der Waals surface area (Å²) in [4.78, 5) is 15.6. The van der Waals surface area contributed by atoms with Gasteiger partial charge >= 0.3 is 0 Å². The zero-order chi connectivity index (χ0) is 19.6. The van der Waals surface area contributed by atoms with Gasteiger partial charge in [0.2, 0.25) is 5.91 Å². The maximum atomic E-state index is 13.0. The molecule has 1 N–H and O–H groups in total. The first kappa shape index (κ1) is 19.5. The standard InChI is InChI=1S/C22H32N2O4/c1-22(2,17-3-4-19-20(13-17)28-12-11-27-19)21(25)23-18-5-8-24(9-6-18)14-16-7-10-26-15-16/h3-4,13,16,18H,5-12,14-15H2,1-2H3,(H,23,25). The van der Waals surface area contributed by atoms with Gasteiger partial charge in [-0.05, 0) is 56.7 Å². The molecular weight excluding hydrogens is 356 g/mol. The third kappa shape index (κ3) is 4.28. The minimum absolute atomic E-state index is 0.0758. The maximum Gasteiger partial charge on any atom is 0.230 e. The highest BCUT2D eigenvalue weighted by Crippen LogP contribution is 2.35. The largest absolute Gasteiger partial charge is 0.486 e. The Bertz CT molecular complexity index is 692. The van der Waals surface area contributed by atoms with Crippen LogP contribution in [0.3, 0.4) is 0 Å². The summed E-state index contributed by atoms with van der Waals surface area (Å²) in [7, 11) is 0. The quantitative estimate of drug-likeness (QED) is 0.839. The second-order valence-electron chi connectivity index (χ2n) is 8.76. The Balaban J connectivity index is 1.31. The Morgan fingerprint density at radius 3 is 2.57 bits per heavy atom. The number of nitrogens with one attached hydrogen (secondary N) is 1. The van der Waals surface area contributed by atoms with Crippen molar-refractivity contribution in [3.8, 4) is 11.5 Å². The van der Waals surface area contributed by atoms with Crippen LogP contribution in [-0.2, 0) is 14.9 Å². The van der Waals surface area contributed by atoms with E-state index in [0.29, 0.717) is 19.1 Å². The van der Waals surface area contributed by atoms with Gasteiger partial charge in [0.25, 0.3) is 0 Å². The minimum Gasteiger partial charge on any atom is -0.486 e. The molecule has 3 aliphatic heterocycles. The normalized spacial score (nSPS) is 23.6. The molecule has 0 bridgehead atoms. The van der Waals surface area contributed by atoms with E-state index in [0.717, 1.165) is 62.8 Å². The molecule has 1 unspecified atom stereocenters. The van der Waals surface area contributed by atoms with E-state index in [-0.39, 0.29) is 11.9 Å². The van der Waals surface area contributed by atoms with Gasteiger partial charge in [0.15, 0.2) is 11.5 Å². The third-order valence-corrected chi connectivity index (χ3v) is 6.29. The summed E-state index contributed by atoms with van der Waals surface area (Å²) in [5, 5.41) is 3.29. The first-order valence-electron chi connectivity index (χ1n) is 10.5. The van der Waals surface area contributed by atoms with Gasteiger partial charge in [-0.3, -0.25) is 4.79 Å². The second-order valence-corrected chi connectivity index (χ2v) is 8.76. The van der Waals surface area contributed by atoms with Crippen molar-refractivity contribution < 1.29 is 19.0 Å². The smallest absolute Gasteiger partial charge is 0.230 e. The highest BCUT2D eigenvalue weighted by Gasteiger charge is 2.33. The van der Waals surface area contributed by atoms with Crippen LogP contribution in [0.25, 0.3) is 0 Å². The Hall–Kier alpha value is -1.79. The van der Waals surface area contributed by atoms with Gasteiger partial charge in [0.1, 0.15) is 13.2 Å². The first-order valence-corrected chi connectivity index (χ1v) is 10.5. The van der Waals surface area contributed by atoms with Gasteiger partial charge in [0.05, 0.1) is 12.0 Å². The zero-order valence-electron chi connectivity index (χ0n) is 17.0. The lowest BCUT2D eigenvalue weighted by Gasteiger charge is -2.35. The molecule has 154 valence electrons. The molecule has 3 aliphatic rings. The van der Waals surface area contributed by atoms with E-state index in [1.165, 1.54) is 6.42 Å². The Morgan fingerprint density at radius 1 is 1.11 bits per heavy atom. The lowest BCUT2D eigenvalue weighted by molar-refractivity contribution is -0.126. The van der Waals surface area contributed by atoms with Crippen LogP contribution in [0.15, 0.2) is 18.2 Å². The molecule has 0 spiro atoms. The van der Waals surface area contributed by atoms with Gasteiger partial charge in [-0.25, -0.2) is 0 Å². The molecule has 0 saturated carbocycles. The number of fused-ring (bicyclic) bond motifs is 1. The van der Waals surface area contributed by atoms with E-state index in [9.17, 15) is 4.79 Å². The molecule has 4 rings (SSSR count). The number of rotatable bonds is 5. The van der Waals surface area contributed by atoms with E-state index >= 15 is 0 Å². The van der Waals surface area contributed by atoms with Crippen LogP contribution in [0, 0.1) is 5.92 Å². The lowest BCUT2D eigenvalue weighted by atomic mass is 9.83. The summed E-state index contributed by atoms with van der Waals surface area (Å²) in [5.41, 5.74) is 0.335. The number of hydrogen-bond donors (Lipinski definition) is 1. The third-order valence-electron chi connectivity index (χ3n) is 6.29. The molecule has 2 saturated heterocycles. The van der Waals surface area contributed by atoms with Crippen molar-refractivity contribution in [2.75, 3.05) is 46.1 Å². The number of nitrogens with zero attached hydrogens (tertiary/aromatic N) is 1. The number of amides is 1. The van der Waals surface area contributed by atoms with Crippen LogP contribution in [-0.4, -0.2) is 62.9 Å². The van der Waals surface area contributed by atoms with Crippen LogP contribution in [0.4, 0.5) is 0 Å². The molecular formula is C22H32N2O4. The molecule has 6 heteroatoms. The predicted octanol–water partition coefficient (Wildman–Crippen LogP) is 2.35. The van der Waals surface area contributed by atoms with E-state index in [2.05, 4.69) is 10.2 Å². The number of ether oxygens (including phenoxy) is 3. The highest BCUT2D eigenvalue weighted by molar-refractivity contribution is 5.87. The number of hydrogen-bond acceptors (Lipinski definition) is 5. The van der Waals surface area contributed by atoms with Gasteiger partial charge in [0, 0.05) is 32.3 Å². The van der Waals surface area contributed by atoms with Crippen molar-refractivity contribution in [2.24, 2.45) is 5.92 Å². The molecule has 3 heterocycles. The number of likely N-dealkylation sites (tertiary alicyclic amines) is 1. The minimum atomic E-state index is -0.617. The van der Waals surface area contributed by atoms with Crippen LogP contribution < -0.4 is 14.8 Å². The molecule has 1 aromatic rings. The Labute approximate surface area is 167 Å². The molecule has 1 atom stereocenters. The van der Waals surface area contributed by atoms with Crippen LogP contribution in [0.5, 0.6) is 11.5 Å². The molecule has 6 nitrogen and oxygen atoms in total.